The van der Waals surface area contributed by atoms with Crippen molar-refractivity contribution in [1.29, 1.82) is 0 Å². The number of hydrogen-bond donors (Lipinski definition) is 0. The van der Waals surface area contributed by atoms with E-state index in [9.17, 15) is 9.18 Å². The molecule has 0 unspecified atom stereocenters. The van der Waals surface area contributed by atoms with Gasteiger partial charge in [0.05, 0.1) is 44.7 Å². The first-order valence-electron chi connectivity index (χ1n) is 8.13. The summed E-state index contributed by atoms with van der Waals surface area (Å²) in [6, 6.07) is 4.17. The molecule has 0 aliphatic carbocycles. The number of aromatic nitrogens is 2. The Morgan fingerprint density at radius 1 is 1.40 bits per heavy atom. The lowest BCUT2D eigenvalue weighted by atomic mass is 10.0. The number of rotatable bonds is 5. The van der Waals surface area contributed by atoms with Crippen LogP contribution in [0.4, 0.5) is 4.39 Å². The van der Waals surface area contributed by atoms with E-state index < -0.39 is 0 Å². The molecule has 0 spiro atoms. The van der Waals surface area contributed by atoms with E-state index in [0.717, 1.165) is 11.4 Å². The highest BCUT2D eigenvalue weighted by Crippen LogP contribution is 2.25. The van der Waals surface area contributed by atoms with Crippen LogP contribution in [0, 0.1) is 5.82 Å². The maximum Gasteiger partial charge on any atom is 0.227 e. The Kier molecular flexibility index (Phi) is 5.03. The molecule has 0 bridgehead atoms. The third-order valence-electron chi connectivity index (χ3n) is 4.61. The van der Waals surface area contributed by atoms with Crippen LogP contribution >= 0.6 is 0 Å². The van der Waals surface area contributed by atoms with Crippen molar-refractivity contribution >= 4 is 5.91 Å². The zero-order valence-electron chi connectivity index (χ0n) is 14.7. The van der Waals surface area contributed by atoms with E-state index in [0.29, 0.717) is 30.9 Å². The van der Waals surface area contributed by atoms with Crippen molar-refractivity contribution in [2.45, 2.75) is 25.4 Å². The smallest absolute Gasteiger partial charge is 0.227 e. The fraction of sp³-hybridized carbons (Fsp3) is 0.444. The summed E-state index contributed by atoms with van der Waals surface area (Å²) in [7, 11) is 5.05. The van der Waals surface area contributed by atoms with Crippen LogP contribution in [0.25, 0.3) is 0 Å². The lowest BCUT2D eigenvalue weighted by Gasteiger charge is -2.35. The molecule has 0 fully saturated rings. The molecule has 1 atom stereocenters. The second-order valence-electron chi connectivity index (χ2n) is 6.22. The maximum absolute atomic E-state index is 13.4. The van der Waals surface area contributed by atoms with Crippen LogP contribution in [0.5, 0.6) is 5.75 Å². The van der Waals surface area contributed by atoms with E-state index in [1.165, 1.54) is 19.2 Å². The van der Waals surface area contributed by atoms with Crippen LogP contribution in [-0.2, 0) is 36.0 Å². The van der Waals surface area contributed by atoms with Gasteiger partial charge in [-0.25, -0.2) is 9.37 Å². The monoisotopic (exact) mass is 347 g/mol. The predicted molar refractivity (Wildman–Crippen MR) is 89.8 cm³/mol. The molecule has 2 heterocycles. The Balaban J connectivity index is 1.82. The average molecular weight is 347 g/mol. The van der Waals surface area contributed by atoms with E-state index in [4.69, 9.17) is 9.47 Å². The molecule has 0 saturated heterocycles. The third kappa shape index (κ3) is 3.51. The molecule has 2 aromatic rings. The summed E-state index contributed by atoms with van der Waals surface area (Å²) in [5, 5.41) is 0. The highest BCUT2D eigenvalue weighted by atomic mass is 19.1. The molecule has 1 aliphatic heterocycles. The Morgan fingerprint density at radius 2 is 2.20 bits per heavy atom. The zero-order valence-corrected chi connectivity index (χ0v) is 14.7. The molecule has 7 heteroatoms. The lowest BCUT2D eigenvalue weighted by molar-refractivity contribution is -0.135. The molecule has 134 valence electrons. The standard InChI is InChI=1S/C18H22FN3O3/c1-21-11-20-15-9-22(14(10-24-2)8-16(15)21)18(23)6-12-4-5-13(19)7-17(12)25-3/h4-5,7,11,14H,6,8-10H2,1-3H3/t14-/m1/s1. The van der Waals surface area contributed by atoms with Gasteiger partial charge in [-0.2, -0.15) is 0 Å². The topological polar surface area (TPSA) is 56.6 Å². The Morgan fingerprint density at radius 3 is 2.92 bits per heavy atom. The van der Waals surface area contributed by atoms with Gasteiger partial charge in [-0.3, -0.25) is 4.79 Å². The molecule has 1 aromatic heterocycles. The maximum atomic E-state index is 13.4. The second-order valence-corrected chi connectivity index (χ2v) is 6.22. The Bertz CT molecular complexity index is 775. The molecule has 1 amide bonds. The number of carbonyl (C=O) groups excluding carboxylic acids is 1. The van der Waals surface area contributed by atoms with Gasteiger partial charge in [0.1, 0.15) is 11.6 Å². The van der Waals surface area contributed by atoms with Gasteiger partial charge >= 0.3 is 0 Å². The number of imidazole rings is 1. The summed E-state index contributed by atoms with van der Waals surface area (Å²) in [5.41, 5.74) is 2.71. The zero-order chi connectivity index (χ0) is 18.0. The predicted octanol–water partition coefficient (Wildman–Crippen LogP) is 1.71. The van der Waals surface area contributed by atoms with E-state index >= 15 is 0 Å². The van der Waals surface area contributed by atoms with Gasteiger partial charge in [0, 0.05) is 37.9 Å². The Hall–Kier alpha value is -2.41. The highest BCUT2D eigenvalue weighted by Gasteiger charge is 2.32. The van der Waals surface area contributed by atoms with Gasteiger partial charge in [0.2, 0.25) is 5.91 Å². The molecular weight excluding hydrogens is 325 g/mol. The van der Waals surface area contributed by atoms with E-state index in [1.54, 1.807) is 24.4 Å². The second kappa shape index (κ2) is 7.23. The van der Waals surface area contributed by atoms with Crippen LogP contribution in [0.3, 0.4) is 0 Å². The minimum atomic E-state index is -0.388. The van der Waals surface area contributed by atoms with Gasteiger partial charge in [0.25, 0.3) is 0 Å². The minimum absolute atomic E-state index is 0.0492. The first kappa shape index (κ1) is 17.4. The summed E-state index contributed by atoms with van der Waals surface area (Å²) in [6.45, 7) is 0.906. The molecular formula is C18H22FN3O3. The van der Waals surface area contributed by atoms with Crippen LogP contribution in [0.2, 0.25) is 0 Å². The molecule has 0 saturated carbocycles. The molecule has 25 heavy (non-hydrogen) atoms. The van der Waals surface area contributed by atoms with Crippen molar-refractivity contribution in [3.63, 3.8) is 0 Å². The summed E-state index contributed by atoms with van der Waals surface area (Å²) in [6.07, 6.45) is 2.61. The SMILES string of the molecule is COC[C@H]1Cc2c(ncn2C)CN1C(=O)Cc1ccc(F)cc1OC. The van der Waals surface area contributed by atoms with Crippen molar-refractivity contribution in [1.82, 2.24) is 14.5 Å². The van der Waals surface area contributed by atoms with Crippen molar-refractivity contribution in [3.05, 3.63) is 47.3 Å². The number of carbonyl (C=O) groups is 1. The van der Waals surface area contributed by atoms with E-state index in [1.807, 2.05) is 11.6 Å². The van der Waals surface area contributed by atoms with Crippen molar-refractivity contribution < 1.29 is 18.7 Å². The Labute approximate surface area is 146 Å². The first-order valence-corrected chi connectivity index (χ1v) is 8.13. The van der Waals surface area contributed by atoms with Crippen LogP contribution < -0.4 is 4.74 Å². The number of aryl methyl sites for hydroxylation is 1. The van der Waals surface area contributed by atoms with Crippen molar-refractivity contribution in [2.24, 2.45) is 7.05 Å². The normalized spacial score (nSPS) is 16.6. The molecule has 6 nitrogen and oxygen atoms in total. The average Bonchev–Trinajstić information content (AvgIpc) is 2.96. The molecule has 1 aromatic carbocycles. The first-order chi connectivity index (χ1) is 12.0. The number of nitrogens with zero attached hydrogens (tertiary/aromatic N) is 3. The third-order valence-corrected chi connectivity index (χ3v) is 4.61. The van der Waals surface area contributed by atoms with E-state index in [-0.39, 0.29) is 24.2 Å². The number of fused-ring (bicyclic) bond motifs is 1. The fourth-order valence-corrected chi connectivity index (χ4v) is 3.28. The van der Waals surface area contributed by atoms with Crippen molar-refractivity contribution in [2.75, 3.05) is 20.8 Å². The lowest BCUT2D eigenvalue weighted by Crippen LogP contribution is -2.47. The summed E-state index contributed by atoms with van der Waals surface area (Å²) in [5.74, 6) is -0.0585. The molecule has 0 radical (unpaired) electrons. The van der Waals surface area contributed by atoms with Crippen LogP contribution in [0.15, 0.2) is 24.5 Å². The molecule has 0 N–H and O–H groups in total. The summed E-state index contributed by atoms with van der Waals surface area (Å²) >= 11 is 0. The number of ether oxygens (including phenoxy) is 2. The minimum Gasteiger partial charge on any atom is -0.496 e. The van der Waals surface area contributed by atoms with Gasteiger partial charge in [-0.15, -0.1) is 0 Å². The van der Waals surface area contributed by atoms with Gasteiger partial charge in [0.15, 0.2) is 0 Å². The van der Waals surface area contributed by atoms with Crippen LogP contribution in [-0.4, -0.2) is 47.2 Å². The molecule has 1 aliphatic rings. The van der Waals surface area contributed by atoms with Crippen LogP contribution in [0.1, 0.15) is 17.0 Å². The highest BCUT2D eigenvalue weighted by molar-refractivity contribution is 5.80. The largest absolute Gasteiger partial charge is 0.496 e. The number of hydrogen-bond acceptors (Lipinski definition) is 4. The van der Waals surface area contributed by atoms with E-state index in [2.05, 4.69) is 4.98 Å². The number of benzene rings is 1. The van der Waals surface area contributed by atoms with Gasteiger partial charge in [-0.1, -0.05) is 6.07 Å². The van der Waals surface area contributed by atoms with Gasteiger partial charge in [-0.05, 0) is 6.07 Å². The quantitative estimate of drug-likeness (QED) is 0.826. The number of amides is 1. The summed E-state index contributed by atoms with van der Waals surface area (Å²) < 4.78 is 25.8. The number of halogens is 1. The number of methoxy groups -OCH3 is 2. The summed E-state index contributed by atoms with van der Waals surface area (Å²) in [4.78, 5) is 19.1. The van der Waals surface area contributed by atoms with Crippen molar-refractivity contribution in [3.8, 4) is 5.75 Å². The van der Waals surface area contributed by atoms with Gasteiger partial charge < -0.3 is 18.9 Å². The molecule has 3 rings (SSSR count). The fourth-order valence-electron chi connectivity index (χ4n) is 3.28.